The number of nitrogens with two attached hydrogens (primary N) is 1. The third-order valence-corrected chi connectivity index (χ3v) is 3.62. The van der Waals surface area contributed by atoms with E-state index in [1.807, 2.05) is 30.3 Å². The van der Waals surface area contributed by atoms with Crippen molar-refractivity contribution in [3.63, 3.8) is 0 Å². The van der Waals surface area contributed by atoms with Gasteiger partial charge in [-0.25, -0.2) is 9.78 Å². The van der Waals surface area contributed by atoms with E-state index in [2.05, 4.69) is 15.5 Å². The number of rotatable bonds is 3. The topological polar surface area (TPSA) is 110 Å². The summed E-state index contributed by atoms with van der Waals surface area (Å²) in [6, 6.07) is 9.28. The molecule has 1 aromatic carbocycles. The van der Waals surface area contributed by atoms with E-state index in [-0.39, 0.29) is 5.84 Å². The quantitative estimate of drug-likeness (QED) is 0.345. The fourth-order valence-electron chi connectivity index (χ4n) is 1.78. The lowest BCUT2D eigenvalue weighted by Crippen LogP contribution is -2.27. The van der Waals surface area contributed by atoms with Crippen LogP contribution in [0.3, 0.4) is 0 Å². The zero-order chi connectivity index (χ0) is 17.0. The Kier molecular flexibility index (Phi) is 4.85. The molecule has 0 aliphatic carbocycles. The molecular weight excluding hydrogens is 316 g/mol. The first-order valence-corrected chi connectivity index (χ1v) is 7.66. The molecule has 0 fully saturated rings. The molecule has 4 N–H and O–H groups in total. The van der Waals surface area contributed by atoms with E-state index >= 15 is 0 Å². The van der Waals surface area contributed by atoms with Crippen LogP contribution in [0.2, 0.25) is 0 Å². The standard InChI is InChI=1S/C15H18N4O3S/c1-15(2,3)22-14(20)18-13-17-10(9-7-5-4-6-8-9)11(23-13)12(16)19-21/h4-8,21H,1-3H3,(H2,16,19)(H,17,18,20). The zero-order valence-electron chi connectivity index (χ0n) is 13.0. The van der Waals surface area contributed by atoms with Crippen LogP contribution in [0, 0.1) is 0 Å². The van der Waals surface area contributed by atoms with E-state index in [0.29, 0.717) is 15.7 Å². The number of aromatic nitrogens is 1. The Morgan fingerprint density at radius 1 is 1.35 bits per heavy atom. The Labute approximate surface area is 137 Å². The Morgan fingerprint density at radius 3 is 2.57 bits per heavy atom. The number of carbonyl (C=O) groups excluding carboxylic acids is 1. The summed E-state index contributed by atoms with van der Waals surface area (Å²) in [5.74, 6) is -0.0707. The van der Waals surface area contributed by atoms with Crippen molar-refractivity contribution < 1.29 is 14.7 Å². The van der Waals surface area contributed by atoms with Gasteiger partial charge < -0.3 is 15.7 Å². The molecule has 1 aromatic heterocycles. The van der Waals surface area contributed by atoms with Gasteiger partial charge in [-0.05, 0) is 20.8 Å². The molecule has 8 heteroatoms. The molecule has 0 atom stereocenters. The molecule has 122 valence electrons. The second kappa shape index (κ2) is 6.66. The predicted molar refractivity (Wildman–Crippen MR) is 89.9 cm³/mol. The predicted octanol–water partition coefficient (Wildman–Crippen LogP) is 3.25. The summed E-state index contributed by atoms with van der Waals surface area (Å²) in [6.07, 6.45) is -0.614. The van der Waals surface area contributed by atoms with Crippen molar-refractivity contribution in [3.8, 4) is 11.3 Å². The molecular formula is C15H18N4O3S. The summed E-state index contributed by atoms with van der Waals surface area (Å²) in [5.41, 5.74) is 6.41. The van der Waals surface area contributed by atoms with Gasteiger partial charge >= 0.3 is 6.09 Å². The maximum Gasteiger partial charge on any atom is 0.413 e. The Morgan fingerprint density at radius 2 is 2.00 bits per heavy atom. The average Bonchev–Trinajstić information content (AvgIpc) is 2.89. The van der Waals surface area contributed by atoms with Crippen LogP contribution in [-0.4, -0.2) is 27.7 Å². The van der Waals surface area contributed by atoms with Gasteiger partial charge in [0, 0.05) is 5.56 Å². The van der Waals surface area contributed by atoms with E-state index in [0.717, 1.165) is 16.9 Å². The van der Waals surface area contributed by atoms with Gasteiger partial charge in [-0.1, -0.05) is 46.8 Å². The Balaban J connectivity index is 2.33. The van der Waals surface area contributed by atoms with Gasteiger partial charge in [-0.15, -0.1) is 0 Å². The number of amides is 1. The van der Waals surface area contributed by atoms with Crippen molar-refractivity contribution in [1.29, 1.82) is 0 Å². The van der Waals surface area contributed by atoms with Gasteiger partial charge in [0.1, 0.15) is 10.5 Å². The fourth-order valence-corrected chi connectivity index (χ4v) is 2.65. The number of anilines is 1. The van der Waals surface area contributed by atoms with Crippen LogP contribution in [-0.2, 0) is 4.74 Å². The van der Waals surface area contributed by atoms with Crippen LogP contribution < -0.4 is 11.1 Å². The highest BCUT2D eigenvalue weighted by Crippen LogP contribution is 2.31. The first kappa shape index (κ1) is 16.8. The van der Waals surface area contributed by atoms with Crippen molar-refractivity contribution >= 4 is 28.4 Å². The lowest BCUT2D eigenvalue weighted by Gasteiger charge is -2.18. The smallest absolute Gasteiger partial charge is 0.413 e. The minimum Gasteiger partial charge on any atom is -0.444 e. The average molecular weight is 334 g/mol. The number of hydrogen-bond donors (Lipinski definition) is 3. The second-order valence-electron chi connectivity index (χ2n) is 5.67. The highest BCUT2D eigenvalue weighted by atomic mass is 32.1. The second-order valence-corrected chi connectivity index (χ2v) is 6.67. The number of hydrogen-bond acceptors (Lipinski definition) is 6. The van der Waals surface area contributed by atoms with Crippen molar-refractivity contribution in [2.45, 2.75) is 26.4 Å². The van der Waals surface area contributed by atoms with Crippen molar-refractivity contribution in [1.82, 2.24) is 4.98 Å². The number of oxime groups is 1. The maximum absolute atomic E-state index is 11.8. The van der Waals surface area contributed by atoms with Crippen molar-refractivity contribution in [3.05, 3.63) is 35.2 Å². The number of ether oxygens (including phenoxy) is 1. The number of benzene rings is 1. The van der Waals surface area contributed by atoms with Crippen LogP contribution in [0.25, 0.3) is 11.3 Å². The molecule has 0 bridgehead atoms. The van der Waals surface area contributed by atoms with Crippen LogP contribution in [0.1, 0.15) is 25.6 Å². The van der Waals surface area contributed by atoms with Crippen LogP contribution in [0.4, 0.5) is 9.93 Å². The third kappa shape index (κ3) is 4.43. The van der Waals surface area contributed by atoms with Crippen LogP contribution in [0.15, 0.2) is 35.5 Å². The minimum absolute atomic E-state index is 0.0707. The molecule has 0 spiro atoms. The van der Waals surface area contributed by atoms with Gasteiger partial charge in [0.25, 0.3) is 0 Å². The van der Waals surface area contributed by atoms with Crippen LogP contribution >= 0.6 is 11.3 Å². The molecule has 2 aromatic rings. The normalized spacial score (nSPS) is 12.0. The highest BCUT2D eigenvalue weighted by molar-refractivity contribution is 7.18. The summed E-state index contributed by atoms with van der Waals surface area (Å²) in [4.78, 5) is 16.7. The lowest BCUT2D eigenvalue weighted by atomic mass is 10.1. The maximum atomic E-state index is 11.8. The fraction of sp³-hybridized carbons (Fsp3) is 0.267. The molecule has 0 unspecified atom stereocenters. The molecule has 0 aliphatic heterocycles. The molecule has 7 nitrogen and oxygen atoms in total. The number of carbonyl (C=O) groups is 1. The molecule has 2 rings (SSSR count). The number of nitrogens with one attached hydrogen (secondary N) is 1. The number of nitrogens with zero attached hydrogens (tertiary/aromatic N) is 2. The summed E-state index contributed by atoms with van der Waals surface area (Å²) in [5, 5.41) is 14.8. The minimum atomic E-state index is -0.614. The van der Waals surface area contributed by atoms with Gasteiger partial charge in [-0.2, -0.15) is 0 Å². The van der Waals surface area contributed by atoms with E-state index in [4.69, 9.17) is 15.7 Å². The lowest BCUT2D eigenvalue weighted by molar-refractivity contribution is 0.0636. The zero-order valence-corrected chi connectivity index (χ0v) is 13.8. The molecule has 1 heterocycles. The monoisotopic (exact) mass is 334 g/mol. The van der Waals surface area contributed by atoms with Gasteiger partial charge in [0.15, 0.2) is 11.0 Å². The first-order valence-electron chi connectivity index (χ1n) is 6.84. The van der Waals surface area contributed by atoms with Gasteiger partial charge in [0.05, 0.1) is 5.69 Å². The number of thiazole rings is 1. The SMILES string of the molecule is CC(C)(C)OC(=O)Nc1nc(-c2ccccc2)c(/C(N)=N\O)s1. The van der Waals surface area contributed by atoms with E-state index in [1.165, 1.54) is 0 Å². The third-order valence-electron chi connectivity index (χ3n) is 2.62. The molecule has 0 saturated heterocycles. The molecule has 0 aliphatic rings. The summed E-state index contributed by atoms with van der Waals surface area (Å²) in [6.45, 7) is 5.31. The largest absolute Gasteiger partial charge is 0.444 e. The van der Waals surface area contributed by atoms with E-state index in [1.54, 1.807) is 20.8 Å². The highest BCUT2D eigenvalue weighted by Gasteiger charge is 2.20. The van der Waals surface area contributed by atoms with Gasteiger partial charge in [-0.3, -0.25) is 5.32 Å². The molecule has 0 radical (unpaired) electrons. The van der Waals surface area contributed by atoms with E-state index < -0.39 is 11.7 Å². The van der Waals surface area contributed by atoms with Crippen molar-refractivity contribution in [2.24, 2.45) is 10.9 Å². The Hall–Kier alpha value is -2.61. The summed E-state index contributed by atoms with van der Waals surface area (Å²) >= 11 is 1.10. The molecule has 23 heavy (non-hydrogen) atoms. The number of amidine groups is 1. The van der Waals surface area contributed by atoms with E-state index in [9.17, 15) is 4.79 Å². The van der Waals surface area contributed by atoms with Crippen LogP contribution in [0.5, 0.6) is 0 Å². The first-order chi connectivity index (χ1) is 10.8. The van der Waals surface area contributed by atoms with Crippen molar-refractivity contribution in [2.75, 3.05) is 5.32 Å². The summed E-state index contributed by atoms with van der Waals surface area (Å²) in [7, 11) is 0. The molecule has 1 amide bonds. The summed E-state index contributed by atoms with van der Waals surface area (Å²) < 4.78 is 5.19. The van der Waals surface area contributed by atoms with Gasteiger partial charge in [0.2, 0.25) is 0 Å². The Bertz CT molecular complexity index is 720. The molecule has 0 saturated carbocycles.